The SMILES string of the molecule is CNC(=O)CNC(C)C(C)CO. The number of amides is 1. The van der Waals surface area contributed by atoms with Crippen LogP contribution < -0.4 is 10.6 Å². The van der Waals surface area contributed by atoms with Gasteiger partial charge in [-0.05, 0) is 12.8 Å². The maximum Gasteiger partial charge on any atom is 0.233 e. The van der Waals surface area contributed by atoms with Crippen LogP contribution in [0.1, 0.15) is 13.8 Å². The Labute approximate surface area is 73.3 Å². The first-order valence-corrected chi connectivity index (χ1v) is 4.16. The van der Waals surface area contributed by atoms with E-state index in [4.69, 9.17) is 5.11 Å². The van der Waals surface area contributed by atoms with Gasteiger partial charge in [0, 0.05) is 19.7 Å². The first-order valence-electron chi connectivity index (χ1n) is 4.16. The van der Waals surface area contributed by atoms with Crippen molar-refractivity contribution in [1.29, 1.82) is 0 Å². The number of rotatable bonds is 5. The molecule has 0 bridgehead atoms. The molecule has 0 heterocycles. The lowest BCUT2D eigenvalue weighted by Crippen LogP contribution is -2.40. The Balaban J connectivity index is 3.56. The standard InChI is InChI=1S/C8H18N2O2/c1-6(5-11)7(2)10-4-8(12)9-3/h6-7,10-11H,4-5H2,1-3H3,(H,9,12). The predicted octanol–water partition coefficient (Wildman–Crippen LogP) is -0.661. The van der Waals surface area contributed by atoms with Gasteiger partial charge in [-0.15, -0.1) is 0 Å². The molecule has 0 saturated heterocycles. The van der Waals surface area contributed by atoms with Crippen molar-refractivity contribution in [1.82, 2.24) is 10.6 Å². The molecule has 0 aromatic carbocycles. The lowest BCUT2D eigenvalue weighted by atomic mass is 10.1. The maximum absolute atomic E-state index is 10.8. The van der Waals surface area contributed by atoms with Crippen LogP contribution in [0.15, 0.2) is 0 Å². The summed E-state index contributed by atoms with van der Waals surface area (Å²) in [7, 11) is 1.60. The molecule has 0 aromatic rings. The second-order valence-corrected chi connectivity index (χ2v) is 3.00. The zero-order valence-electron chi connectivity index (χ0n) is 7.92. The van der Waals surface area contributed by atoms with Crippen molar-refractivity contribution in [2.45, 2.75) is 19.9 Å². The molecule has 1 amide bonds. The molecule has 2 atom stereocenters. The summed E-state index contributed by atoms with van der Waals surface area (Å²) >= 11 is 0. The Kier molecular flexibility index (Phi) is 5.66. The maximum atomic E-state index is 10.8. The Bertz CT molecular complexity index is 139. The molecule has 0 aliphatic carbocycles. The molecule has 72 valence electrons. The number of carbonyl (C=O) groups is 1. The lowest BCUT2D eigenvalue weighted by Gasteiger charge is -2.18. The average Bonchev–Trinajstić information content (AvgIpc) is 2.11. The van der Waals surface area contributed by atoms with E-state index in [0.717, 1.165) is 0 Å². The number of hydrogen-bond acceptors (Lipinski definition) is 3. The molecule has 2 unspecified atom stereocenters. The Morgan fingerprint density at radius 2 is 2.08 bits per heavy atom. The van der Waals surface area contributed by atoms with Crippen LogP contribution in [0.3, 0.4) is 0 Å². The highest BCUT2D eigenvalue weighted by molar-refractivity contribution is 5.77. The van der Waals surface area contributed by atoms with Crippen molar-refractivity contribution >= 4 is 5.91 Å². The Morgan fingerprint density at radius 1 is 1.50 bits per heavy atom. The molecule has 12 heavy (non-hydrogen) atoms. The van der Waals surface area contributed by atoms with Gasteiger partial charge in [-0.2, -0.15) is 0 Å². The van der Waals surface area contributed by atoms with Crippen molar-refractivity contribution in [3.05, 3.63) is 0 Å². The van der Waals surface area contributed by atoms with Gasteiger partial charge in [0.2, 0.25) is 5.91 Å². The zero-order valence-corrected chi connectivity index (χ0v) is 7.92. The number of aliphatic hydroxyl groups is 1. The van der Waals surface area contributed by atoms with Gasteiger partial charge < -0.3 is 15.7 Å². The molecule has 0 spiro atoms. The van der Waals surface area contributed by atoms with Gasteiger partial charge in [0.05, 0.1) is 6.54 Å². The summed E-state index contributed by atoms with van der Waals surface area (Å²) in [5.74, 6) is 0.140. The minimum absolute atomic E-state index is 0.0352. The summed E-state index contributed by atoms with van der Waals surface area (Å²) in [5, 5.41) is 14.3. The van der Waals surface area contributed by atoms with Crippen LogP contribution in [0.25, 0.3) is 0 Å². The minimum atomic E-state index is -0.0352. The molecule has 0 aromatic heterocycles. The molecule has 0 fully saturated rings. The fourth-order valence-corrected chi connectivity index (χ4v) is 0.701. The summed E-state index contributed by atoms with van der Waals surface area (Å²) in [5.41, 5.74) is 0. The largest absolute Gasteiger partial charge is 0.396 e. The first kappa shape index (κ1) is 11.4. The minimum Gasteiger partial charge on any atom is -0.396 e. The zero-order chi connectivity index (χ0) is 9.56. The van der Waals surface area contributed by atoms with E-state index >= 15 is 0 Å². The van der Waals surface area contributed by atoms with E-state index in [1.54, 1.807) is 7.05 Å². The van der Waals surface area contributed by atoms with Crippen LogP contribution in [0.2, 0.25) is 0 Å². The van der Waals surface area contributed by atoms with Crippen LogP contribution in [-0.2, 0) is 4.79 Å². The molecule has 0 radical (unpaired) electrons. The van der Waals surface area contributed by atoms with Crippen molar-refractivity contribution in [2.24, 2.45) is 5.92 Å². The molecule has 0 aliphatic heterocycles. The monoisotopic (exact) mass is 174 g/mol. The van der Waals surface area contributed by atoms with Gasteiger partial charge in [0.25, 0.3) is 0 Å². The van der Waals surface area contributed by atoms with Crippen molar-refractivity contribution < 1.29 is 9.90 Å². The average molecular weight is 174 g/mol. The highest BCUT2D eigenvalue weighted by Gasteiger charge is 2.10. The van der Waals surface area contributed by atoms with Gasteiger partial charge in [-0.25, -0.2) is 0 Å². The van der Waals surface area contributed by atoms with Gasteiger partial charge in [-0.3, -0.25) is 4.79 Å². The third-order valence-corrected chi connectivity index (χ3v) is 2.00. The van der Waals surface area contributed by atoms with Gasteiger partial charge in [0.15, 0.2) is 0 Å². The third-order valence-electron chi connectivity index (χ3n) is 2.00. The lowest BCUT2D eigenvalue weighted by molar-refractivity contribution is -0.119. The molecule has 3 N–H and O–H groups in total. The summed E-state index contributed by atoms with van der Waals surface area (Å²) in [6.07, 6.45) is 0. The van der Waals surface area contributed by atoms with E-state index in [0.29, 0.717) is 6.54 Å². The third kappa shape index (κ3) is 4.31. The van der Waals surface area contributed by atoms with Gasteiger partial charge >= 0.3 is 0 Å². The summed E-state index contributed by atoms with van der Waals surface area (Å²) in [4.78, 5) is 10.8. The van der Waals surface area contributed by atoms with Crippen LogP contribution >= 0.6 is 0 Å². The van der Waals surface area contributed by atoms with Crippen molar-refractivity contribution in [3.63, 3.8) is 0 Å². The van der Waals surface area contributed by atoms with E-state index in [-0.39, 0.29) is 24.5 Å². The fraction of sp³-hybridized carbons (Fsp3) is 0.875. The van der Waals surface area contributed by atoms with Crippen molar-refractivity contribution in [2.75, 3.05) is 20.2 Å². The normalized spacial score (nSPS) is 15.3. The van der Waals surface area contributed by atoms with E-state index in [1.807, 2.05) is 13.8 Å². The van der Waals surface area contributed by atoms with Crippen molar-refractivity contribution in [3.8, 4) is 0 Å². The first-order chi connectivity index (χ1) is 5.61. The summed E-state index contributed by atoms with van der Waals surface area (Å²) in [6.45, 7) is 4.33. The second-order valence-electron chi connectivity index (χ2n) is 3.00. The molecule has 0 rings (SSSR count). The summed E-state index contributed by atoms with van der Waals surface area (Å²) in [6, 6.07) is 0.160. The highest BCUT2D eigenvalue weighted by atomic mass is 16.3. The van der Waals surface area contributed by atoms with E-state index in [9.17, 15) is 4.79 Å². The van der Waals surface area contributed by atoms with Gasteiger partial charge in [0.1, 0.15) is 0 Å². The molecular formula is C8H18N2O2. The summed E-state index contributed by atoms with van der Waals surface area (Å²) < 4.78 is 0. The van der Waals surface area contributed by atoms with Crippen LogP contribution in [0, 0.1) is 5.92 Å². The van der Waals surface area contributed by atoms with E-state index < -0.39 is 0 Å². The van der Waals surface area contributed by atoms with Gasteiger partial charge in [-0.1, -0.05) is 6.92 Å². The quantitative estimate of drug-likeness (QED) is 0.518. The van der Waals surface area contributed by atoms with Crippen LogP contribution in [0.4, 0.5) is 0 Å². The number of hydrogen-bond donors (Lipinski definition) is 3. The Morgan fingerprint density at radius 3 is 2.50 bits per heavy atom. The van der Waals surface area contributed by atoms with Crippen LogP contribution in [0.5, 0.6) is 0 Å². The number of carbonyl (C=O) groups excluding carboxylic acids is 1. The fourth-order valence-electron chi connectivity index (χ4n) is 0.701. The smallest absolute Gasteiger partial charge is 0.233 e. The van der Waals surface area contributed by atoms with Crippen LogP contribution in [-0.4, -0.2) is 37.3 Å². The number of likely N-dealkylation sites (N-methyl/N-ethyl adjacent to an activating group) is 1. The topological polar surface area (TPSA) is 61.4 Å². The Hall–Kier alpha value is -0.610. The number of nitrogens with one attached hydrogen (secondary N) is 2. The van der Waals surface area contributed by atoms with E-state index in [2.05, 4.69) is 10.6 Å². The molecule has 4 heteroatoms. The van der Waals surface area contributed by atoms with E-state index in [1.165, 1.54) is 0 Å². The molecule has 4 nitrogen and oxygen atoms in total. The molecule has 0 aliphatic rings. The second kappa shape index (κ2) is 5.97. The highest BCUT2D eigenvalue weighted by Crippen LogP contribution is 1.99. The predicted molar refractivity (Wildman–Crippen MR) is 47.8 cm³/mol. The number of aliphatic hydroxyl groups excluding tert-OH is 1. The molecule has 0 saturated carbocycles. The molecular weight excluding hydrogens is 156 g/mol.